The van der Waals surface area contributed by atoms with E-state index in [2.05, 4.69) is 0 Å². The molecule has 0 saturated carbocycles. The highest BCUT2D eigenvalue weighted by molar-refractivity contribution is 5.96. The Kier molecular flexibility index (Phi) is 5.85. The fraction of sp³-hybridized carbons (Fsp3) is 0.250. The molecular weight excluding hydrogens is 310 g/mol. The van der Waals surface area contributed by atoms with E-state index in [4.69, 9.17) is 0 Å². The third kappa shape index (κ3) is 3.88. The lowest BCUT2D eigenvalue weighted by Crippen LogP contribution is -2.00. The van der Waals surface area contributed by atoms with E-state index in [0.29, 0.717) is 17.5 Å². The molecule has 0 spiro atoms. The SMILES string of the molecule is CCCC(F)=C(F)c1ccc(-c2cc(CC)ccc2C(=O)O)cc1. The van der Waals surface area contributed by atoms with Crippen molar-refractivity contribution in [1.82, 2.24) is 0 Å². The molecule has 0 amide bonds. The summed E-state index contributed by atoms with van der Waals surface area (Å²) in [5.74, 6) is -2.63. The van der Waals surface area contributed by atoms with Crippen molar-refractivity contribution in [3.05, 3.63) is 65.0 Å². The number of benzene rings is 2. The van der Waals surface area contributed by atoms with Crippen molar-refractivity contribution in [3.8, 4) is 11.1 Å². The lowest BCUT2D eigenvalue weighted by Gasteiger charge is -2.10. The van der Waals surface area contributed by atoms with Gasteiger partial charge < -0.3 is 5.11 Å². The number of halogens is 2. The van der Waals surface area contributed by atoms with Crippen molar-refractivity contribution in [3.63, 3.8) is 0 Å². The second-order valence-corrected chi connectivity index (χ2v) is 5.58. The predicted octanol–water partition coefficient (Wildman–Crippen LogP) is 6.02. The summed E-state index contributed by atoms with van der Waals surface area (Å²) in [6.07, 6.45) is 1.38. The fourth-order valence-electron chi connectivity index (χ4n) is 2.52. The third-order valence-corrected chi connectivity index (χ3v) is 3.88. The third-order valence-electron chi connectivity index (χ3n) is 3.88. The maximum atomic E-state index is 14.0. The molecule has 0 radical (unpaired) electrons. The van der Waals surface area contributed by atoms with Gasteiger partial charge in [-0.3, -0.25) is 0 Å². The maximum absolute atomic E-state index is 14.0. The zero-order chi connectivity index (χ0) is 17.7. The summed E-state index contributed by atoms with van der Waals surface area (Å²) < 4.78 is 27.6. The molecule has 4 heteroatoms. The Hall–Kier alpha value is -2.49. The van der Waals surface area contributed by atoms with Gasteiger partial charge in [-0.2, -0.15) is 0 Å². The molecule has 0 heterocycles. The first-order valence-corrected chi connectivity index (χ1v) is 7.99. The van der Waals surface area contributed by atoms with Crippen LogP contribution in [-0.2, 0) is 6.42 Å². The van der Waals surface area contributed by atoms with Crippen molar-refractivity contribution >= 4 is 11.8 Å². The van der Waals surface area contributed by atoms with Crippen LogP contribution >= 0.6 is 0 Å². The minimum Gasteiger partial charge on any atom is -0.478 e. The van der Waals surface area contributed by atoms with Gasteiger partial charge in [0, 0.05) is 12.0 Å². The monoisotopic (exact) mass is 330 g/mol. The number of carbonyl (C=O) groups is 1. The number of aromatic carboxylic acids is 1. The first-order valence-electron chi connectivity index (χ1n) is 7.99. The minimum atomic E-state index is -1.02. The average Bonchev–Trinajstić information content (AvgIpc) is 2.60. The van der Waals surface area contributed by atoms with Gasteiger partial charge in [0.25, 0.3) is 0 Å². The van der Waals surface area contributed by atoms with E-state index in [1.807, 2.05) is 13.0 Å². The molecule has 126 valence electrons. The van der Waals surface area contributed by atoms with Crippen molar-refractivity contribution in [1.29, 1.82) is 0 Å². The van der Waals surface area contributed by atoms with Crippen LogP contribution in [0.5, 0.6) is 0 Å². The number of carboxylic acids is 1. The van der Waals surface area contributed by atoms with Crippen LogP contribution < -0.4 is 0 Å². The number of hydrogen-bond donors (Lipinski definition) is 1. The van der Waals surface area contributed by atoms with Crippen LogP contribution in [0, 0.1) is 0 Å². The second kappa shape index (κ2) is 7.86. The molecular formula is C20H20F2O2. The minimum absolute atomic E-state index is 0.0648. The van der Waals surface area contributed by atoms with Gasteiger partial charge in [-0.25, -0.2) is 13.6 Å². The number of allylic oxidation sites excluding steroid dienone is 1. The first-order chi connectivity index (χ1) is 11.5. The van der Waals surface area contributed by atoms with Crippen LogP contribution in [-0.4, -0.2) is 11.1 Å². The van der Waals surface area contributed by atoms with Gasteiger partial charge in [-0.15, -0.1) is 0 Å². The van der Waals surface area contributed by atoms with E-state index in [0.717, 1.165) is 12.0 Å². The molecule has 2 rings (SSSR count). The number of carboxylic acid groups (broad SMARTS) is 1. The van der Waals surface area contributed by atoms with Crippen LogP contribution in [0.25, 0.3) is 17.0 Å². The molecule has 0 aliphatic carbocycles. The Morgan fingerprint density at radius 3 is 2.25 bits per heavy atom. The molecule has 0 fully saturated rings. The summed E-state index contributed by atoms with van der Waals surface area (Å²) in [5, 5.41) is 9.35. The fourth-order valence-corrected chi connectivity index (χ4v) is 2.52. The van der Waals surface area contributed by atoms with Gasteiger partial charge in [0.05, 0.1) is 5.56 Å². The number of aryl methyl sites for hydroxylation is 1. The molecule has 0 aliphatic heterocycles. The van der Waals surface area contributed by atoms with Gasteiger partial charge in [-0.05, 0) is 35.6 Å². The summed E-state index contributed by atoms with van der Waals surface area (Å²) in [4.78, 5) is 11.4. The van der Waals surface area contributed by atoms with Crippen molar-refractivity contribution < 1.29 is 18.7 Å². The molecule has 0 unspecified atom stereocenters. The molecule has 0 aromatic heterocycles. The second-order valence-electron chi connectivity index (χ2n) is 5.58. The molecule has 0 bridgehead atoms. The molecule has 2 nitrogen and oxygen atoms in total. The van der Waals surface area contributed by atoms with Gasteiger partial charge in [0.15, 0.2) is 5.83 Å². The zero-order valence-electron chi connectivity index (χ0n) is 13.8. The Morgan fingerprint density at radius 2 is 1.71 bits per heavy atom. The van der Waals surface area contributed by atoms with Crippen molar-refractivity contribution in [2.45, 2.75) is 33.1 Å². The number of rotatable bonds is 6. The molecule has 0 atom stereocenters. The van der Waals surface area contributed by atoms with E-state index in [1.54, 1.807) is 31.2 Å². The lowest BCUT2D eigenvalue weighted by molar-refractivity contribution is 0.0697. The molecule has 0 aliphatic rings. The first kappa shape index (κ1) is 17.9. The van der Waals surface area contributed by atoms with Crippen LogP contribution in [0.4, 0.5) is 8.78 Å². The summed E-state index contributed by atoms with van der Waals surface area (Å²) in [6, 6.07) is 11.4. The van der Waals surface area contributed by atoms with Crippen LogP contribution in [0.3, 0.4) is 0 Å². The van der Waals surface area contributed by atoms with E-state index < -0.39 is 17.6 Å². The Balaban J connectivity index is 2.45. The highest BCUT2D eigenvalue weighted by Crippen LogP contribution is 2.29. The lowest BCUT2D eigenvalue weighted by atomic mass is 9.95. The van der Waals surface area contributed by atoms with Gasteiger partial charge >= 0.3 is 5.97 Å². The highest BCUT2D eigenvalue weighted by Gasteiger charge is 2.13. The summed E-state index contributed by atoms with van der Waals surface area (Å²) in [7, 11) is 0. The number of hydrogen-bond acceptors (Lipinski definition) is 1. The standard InChI is InChI=1S/C20H20F2O2/c1-3-5-18(21)19(22)15-9-7-14(8-10-15)17-12-13(4-2)6-11-16(17)20(23)24/h6-12H,3-5H2,1-2H3,(H,23,24). The van der Waals surface area contributed by atoms with E-state index >= 15 is 0 Å². The molecule has 1 N–H and O–H groups in total. The normalized spacial score (nSPS) is 12.0. The summed E-state index contributed by atoms with van der Waals surface area (Å²) >= 11 is 0. The van der Waals surface area contributed by atoms with Gasteiger partial charge in [0.1, 0.15) is 5.83 Å². The van der Waals surface area contributed by atoms with E-state index in [-0.39, 0.29) is 17.5 Å². The summed E-state index contributed by atoms with van der Waals surface area (Å²) in [6.45, 7) is 3.77. The van der Waals surface area contributed by atoms with Gasteiger partial charge in [0.2, 0.25) is 0 Å². The van der Waals surface area contributed by atoms with Crippen LogP contribution in [0.1, 0.15) is 48.2 Å². The van der Waals surface area contributed by atoms with Crippen molar-refractivity contribution in [2.24, 2.45) is 0 Å². The Morgan fingerprint density at radius 1 is 1.04 bits per heavy atom. The Labute approximate surface area is 140 Å². The zero-order valence-corrected chi connectivity index (χ0v) is 13.8. The van der Waals surface area contributed by atoms with Gasteiger partial charge in [-0.1, -0.05) is 50.2 Å². The largest absolute Gasteiger partial charge is 0.478 e. The topological polar surface area (TPSA) is 37.3 Å². The molecule has 24 heavy (non-hydrogen) atoms. The average molecular weight is 330 g/mol. The molecule has 2 aromatic carbocycles. The predicted molar refractivity (Wildman–Crippen MR) is 92.3 cm³/mol. The highest BCUT2D eigenvalue weighted by atomic mass is 19.2. The van der Waals surface area contributed by atoms with Crippen LogP contribution in [0.2, 0.25) is 0 Å². The van der Waals surface area contributed by atoms with E-state index in [1.165, 1.54) is 12.1 Å². The van der Waals surface area contributed by atoms with Crippen LogP contribution in [0.15, 0.2) is 48.3 Å². The van der Waals surface area contributed by atoms with Crippen molar-refractivity contribution in [2.75, 3.05) is 0 Å². The smallest absolute Gasteiger partial charge is 0.336 e. The molecule has 0 saturated heterocycles. The summed E-state index contributed by atoms with van der Waals surface area (Å²) in [5.41, 5.74) is 2.60. The van der Waals surface area contributed by atoms with E-state index in [9.17, 15) is 18.7 Å². The molecule has 2 aromatic rings. The Bertz CT molecular complexity index is 762. The quantitative estimate of drug-likeness (QED) is 0.703. The maximum Gasteiger partial charge on any atom is 0.336 e.